The van der Waals surface area contributed by atoms with Gasteiger partial charge in [-0.1, -0.05) is 30.3 Å². The number of thiazole rings is 1. The van der Waals surface area contributed by atoms with E-state index >= 15 is 0 Å². The lowest BCUT2D eigenvalue weighted by Gasteiger charge is -2.36. The van der Waals surface area contributed by atoms with Crippen molar-refractivity contribution in [1.82, 2.24) is 4.98 Å². The van der Waals surface area contributed by atoms with Crippen LogP contribution in [0.15, 0.2) is 54.6 Å². The largest absolute Gasteiger partial charge is 0.372 e. The maximum atomic E-state index is 12.8. The van der Waals surface area contributed by atoms with Gasteiger partial charge in [0.05, 0.1) is 22.9 Å². The van der Waals surface area contributed by atoms with E-state index in [1.165, 1.54) is 16.9 Å². The summed E-state index contributed by atoms with van der Waals surface area (Å²) in [7, 11) is 0. The average molecular weight is 422 g/mol. The summed E-state index contributed by atoms with van der Waals surface area (Å²) in [4.78, 5) is 20.4. The molecule has 0 bridgehead atoms. The highest BCUT2D eigenvalue weighted by Crippen LogP contribution is 2.25. The first-order valence-corrected chi connectivity index (χ1v) is 11.1. The number of benzene rings is 2. The van der Waals surface area contributed by atoms with Gasteiger partial charge in [-0.05, 0) is 50.6 Å². The number of nitrogens with zero attached hydrogens (tertiary/aromatic N) is 2. The van der Waals surface area contributed by atoms with Crippen LogP contribution in [0.2, 0.25) is 0 Å². The lowest BCUT2D eigenvalue weighted by molar-refractivity contribution is -0.00521. The number of ether oxygens (including phenoxy) is 1. The van der Waals surface area contributed by atoms with Gasteiger partial charge in [0.25, 0.3) is 5.91 Å². The lowest BCUT2D eigenvalue weighted by Crippen LogP contribution is -2.45. The number of aryl methyl sites for hydroxylation is 1. The van der Waals surface area contributed by atoms with Crippen molar-refractivity contribution in [2.24, 2.45) is 0 Å². The lowest BCUT2D eigenvalue weighted by atomic mass is 10.2. The molecule has 2 atom stereocenters. The molecule has 0 saturated carbocycles. The van der Waals surface area contributed by atoms with Gasteiger partial charge in [0.15, 0.2) is 0 Å². The SMILES string of the molecule is Cc1nc(Cc2ccccc2)sc1C(=O)Nc1ccc(N2CC(C)OC(C)C2)cc1. The van der Waals surface area contributed by atoms with Crippen LogP contribution in [0, 0.1) is 6.92 Å². The van der Waals surface area contributed by atoms with Gasteiger partial charge >= 0.3 is 0 Å². The summed E-state index contributed by atoms with van der Waals surface area (Å²) in [5.74, 6) is -0.106. The van der Waals surface area contributed by atoms with E-state index in [4.69, 9.17) is 4.74 Å². The topological polar surface area (TPSA) is 54.5 Å². The zero-order chi connectivity index (χ0) is 21.1. The minimum atomic E-state index is -0.106. The quantitative estimate of drug-likeness (QED) is 0.636. The molecule has 6 heteroatoms. The van der Waals surface area contributed by atoms with Crippen molar-refractivity contribution in [3.63, 3.8) is 0 Å². The molecule has 2 aromatic carbocycles. The van der Waals surface area contributed by atoms with Crippen LogP contribution >= 0.6 is 11.3 Å². The summed E-state index contributed by atoms with van der Waals surface area (Å²) in [6.07, 6.45) is 1.17. The monoisotopic (exact) mass is 421 g/mol. The molecule has 30 heavy (non-hydrogen) atoms. The Labute approximate surface area is 181 Å². The van der Waals surface area contributed by atoms with Crippen molar-refractivity contribution >= 4 is 28.6 Å². The first-order chi connectivity index (χ1) is 14.5. The number of carbonyl (C=O) groups excluding carboxylic acids is 1. The zero-order valence-electron chi connectivity index (χ0n) is 17.6. The molecule has 3 aromatic rings. The number of nitrogens with one attached hydrogen (secondary N) is 1. The third-order valence-electron chi connectivity index (χ3n) is 5.16. The molecule has 2 heterocycles. The fraction of sp³-hybridized carbons (Fsp3) is 0.333. The van der Waals surface area contributed by atoms with Crippen LogP contribution in [0.4, 0.5) is 11.4 Å². The van der Waals surface area contributed by atoms with Crippen LogP contribution < -0.4 is 10.2 Å². The molecular formula is C24H27N3O2S. The minimum Gasteiger partial charge on any atom is -0.372 e. The van der Waals surface area contributed by atoms with Crippen LogP contribution in [0.3, 0.4) is 0 Å². The third kappa shape index (κ3) is 4.89. The Balaban J connectivity index is 1.41. The van der Waals surface area contributed by atoms with Crippen LogP contribution in [-0.2, 0) is 11.2 Å². The van der Waals surface area contributed by atoms with E-state index in [1.54, 1.807) is 0 Å². The Hall–Kier alpha value is -2.70. The average Bonchev–Trinajstić information content (AvgIpc) is 3.08. The Morgan fingerprint density at radius 3 is 2.43 bits per heavy atom. The first kappa shape index (κ1) is 20.6. The first-order valence-electron chi connectivity index (χ1n) is 10.3. The van der Waals surface area contributed by atoms with Crippen molar-refractivity contribution in [2.45, 2.75) is 39.4 Å². The molecule has 1 N–H and O–H groups in total. The predicted octanol–water partition coefficient (Wildman–Crippen LogP) is 4.91. The minimum absolute atomic E-state index is 0.106. The molecule has 1 saturated heterocycles. The van der Waals surface area contributed by atoms with Crippen LogP contribution in [0.5, 0.6) is 0 Å². The van der Waals surface area contributed by atoms with Crippen molar-refractivity contribution in [3.05, 3.63) is 75.7 Å². The van der Waals surface area contributed by atoms with E-state index in [9.17, 15) is 4.79 Å². The maximum Gasteiger partial charge on any atom is 0.267 e. The van der Waals surface area contributed by atoms with Gasteiger partial charge in [-0.3, -0.25) is 4.79 Å². The molecule has 1 aromatic heterocycles. The van der Waals surface area contributed by atoms with Crippen molar-refractivity contribution in [2.75, 3.05) is 23.3 Å². The normalized spacial score (nSPS) is 19.0. The highest BCUT2D eigenvalue weighted by Gasteiger charge is 2.22. The second kappa shape index (κ2) is 8.98. The Bertz CT molecular complexity index is 991. The molecule has 1 amide bonds. The Morgan fingerprint density at radius 1 is 1.10 bits per heavy atom. The molecule has 156 valence electrons. The molecule has 0 radical (unpaired) electrons. The van der Waals surface area contributed by atoms with Crippen LogP contribution in [-0.4, -0.2) is 36.2 Å². The second-order valence-electron chi connectivity index (χ2n) is 7.85. The number of amides is 1. The molecule has 0 spiro atoms. The van der Waals surface area contributed by atoms with Crippen LogP contribution in [0.25, 0.3) is 0 Å². The van der Waals surface area contributed by atoms with Crippen molar-refractivity contribution < 1.29 is 9.53 Å². The smallest absolute Gasteiger partial charge is 0.267 e. The number of hydrogen-bond donors (Lipinski definition) is 1. The summed E-state index contributed by atoms with van der Waals surface area (Å²) in [6, 6.07) is 18.2. The van der Waals surface area contributed by atoms with Gasteiger partial charge < -0.3 is 15.0 Å². The fourth-order valence-corrected chi connectivity index (χ4v) is 4.84. The van der Waals surface area contributed by atoms with Gasteiger partial charge in [-0.25, -0.2) is 4.98 Å². The summed E-state index contributed by atoms with van der Waals surface area (Å²) >= 11 is 1.46. The number of rotatable bonds is 5. The Kier molecular flexibility index (Phi) is 6.16. The predicted molar refractivity (Wildman–Crippen MR) is 123 cm³/mol. The van der Waals surface area contributed by atoms with Gasteiger partial charge in [-0.15, -0.1) is 11.3 Å². The van der Waals surface area contributed by atoms with E-state index in [0.717, 1.165) is 41.6 Å². The van der Waals surface area contributed by atoms with Gasteiger partial charge in [0, 0.05) is 30.9 Å². The molecule has 1 aliphatic rings. The maximum absolute atomic E-state index is 12.8. The fourth-order valence-electron chi connectivity index (χ4n) is 3.84. The summed E-state index contributed by atoms with van der Waals surface area (Å²) in [5.41, 5.74) is 3.90. The summed E-state index contributed by atoms with van der Waals surface area (Å²) in [5, 5.41) is 3.97. The van der Waals surface area contributed by atoms with E-state index in [0.29, 0.717) is 4.88 Å². The second-order valence-corrected chi connectivity index (χ2v) is 8.93. The van der Waals surface area contributed by atoms with Gasteiger partial charge in [0.1, 0.15) is 4.88 Å². The molecule has 1 aliphatic heterocycles. The number of carbonyl (C=O) groups is 1. The highest BCUT2D eigenvalue weighted by molar-refractivity contribution is 7.14. The summed E-state index contributed by atoms with van der Waals surface area (Å²) in [6.45, 7) is 7.84. The Morgan fingerprint density at radius 2 is 1.77 bits per heavy atom. The molecular weight excluding hydrogens is 394 g/mol. The molecule has 5 nitrogen and oxygen atoms in total. The van der Waals surface area contributed by atoms with Gasteiger partial charge in [0.2, 0.25) is 0 Å². The standard InChI is InChI=1S/C24H27N3O2S/c1-16-14-27(15-17(2)29-16)21-11-9-20(10-12-21)26-24(28)23-18(3)25-22(30-23)13-19-7-5-4-6-8-19/h4-12,16-17H,13-15H2,1-3H3,(H,26,28). The van der Waals surface area contributed by atoms with E-state index < -0.39 is 0 Å². The summed E-state index contributed by atoms with van der Waals surface area (Å²) < 4.78 is 5.81. The molecule has 1 fully saturated rings. The van der Waals surface area contributed by atoms with Gasteiger partial charge in [-0.2, -0.15) is 0 Å². The number of hydrogen-bond acceptors (Lipinski definition) is 5. The van der Waals surface area contributed by atoms with E-state index in [1.807, 2.05) is 37.3 Å². The highest BCUT2D eigenvalue weighted by atomic mass is 32.1. The van der Waals surface area contributed by atoms with Crippen molar-refractivity contribution in [3.8, 4) is 0 Å². The van der Waals surface area contributed by atoms with E-state index in [2.05, 4.69) is 53.3 Å². The molecule has 4 rings (SSSR count). The number of aromatic nitrogens is 1. The molecule has 2 unspecified atom stereocenters. The molecule has 0 aliphatic carbocycles. The third-order valence-corrected chi connectivity index (χ3v) is 6.31. The number of anilines is 2. The van der Waals surface area contributed by atoms with Crippen molar-refractivity contribution in [1.29, 1.82) is 0 Å². The zero-order valence-corrected chi connectivity index (χ0v) is 18.4. The number of morpholine rings is 1. The van der Waals surface area contributed by atoms with E-state index in [-0.39, 0.29) is 18.1 Å². The van der Waals surface area contributed by atoms with Crippen LogP contribution in [0.1, 0.15) is 39.8 Å².